The van der Waals surface area contributed by atoms with Crippen LogP contribution in [0.5, 0.6) is 5.75 Å². The number of ether oxygens (including phenoxy) is 2. The fourth-order valence-electron chi connectivity index (χ4n) is 3.23. The Balaban J connectivity index is 1.93. The number of alkyl halides is 3. The van der Waals surface area contributed by atoms with Gasteiger partial charge in [-0.05, 0) is 39.8 Å². The predicted octanol–water partition coefficient (Wildman–Crippen LogP) is 3.80. The van der Waals surface area contributed by atoms with Crippen LogP contribution in [-0.4, -0.2) is 56.3 Å². The summed E-state index contributed by atoms with van der Waals surface area (Å²) in [6.07, 6.45) is -6.53. The number of carbonyl (C=O) groups is 2. The number of pyridine rings is 2. The summed E-state index contributed by atoms with van der Waals surface area (Å²) in [7, 11) is 0. The number of hydrogen-bond acceptors (Lipinski definition) is 6. The maximum absolute atomic E-state index is 13.3. The molecule has 1 amide bonds. The molecule has 0 saturated carbocycles. The number of aliphatic carboxylic acids is 1. The van der Waals surface area contributed by atoms with E-state index >= 15 is 0 Å². The van der Waals surface area contributed by atoms with Crippen molar-refractivity contribution >= 4 is 23.1 Å². The van der Waals surface area contributed by atoms with Gasteiger partial charge in [-0.15, -0.1) is 0 Å². The zero-order valence-corrected chi connectivity index (χ0v) is 17.4. The minimum Gasteiger partial charge on any atom is -0.488 e. The Kier molecular flexibility index (Phi) is 5.72. The van der Waals surface area contributed by atoms with Gasteiger partial charge in [0, 0.05) is 18.2 Å². The fourth-order valence-corrected chi connectivity index (χ4v) is 3.23. The molecule has 2 aromatic heterocycles. The number of aryl methyl sites for hydroxylation is 1. The van der Waals surface area contributed by atoms with E-state index in [1.54, 1.807) is 33.8 Å². The van der Waals surface area contributed by atoms with Gasteiger partial charge in [-0.1, -0.05) is 0 Å². The van der Waals surface area contributed by atoms with Gasteiger partial charge in [-0.2, -0.15) is 13.2 Å². The van der Waals surface area contributed by atoms with Crippen LogP contribution in [0.1, 0.15) is 38.6 Å². The second kappa shape index (κ2) is 7.86. The Hall–Kier alpha value is -3.11. The molecule has 2 aromatic rings. The number of fused-ring (bicyclic) bond motifs is 1. The number of rotatable bonds is 3. The van der Waals surface area contributed by atoms with Crippen LogP contribution in [0.15, 0.2) is 18.2 Å². The minimum atomic E-state index is -4.72. The molecular formula is C20H22F3N3O5. The Morgan fingerprint density at radius 3 is 2.45 bits per heavy atom. The third kappa shape index (κ3) is 5.15. The van der Waals surface area contributed by atoms with Crippen LogP contribution in [0.2, 0.25) is 0 Å². The van der Waals surface area contributed by atoms with Crippen molar-refractivity contribution in [2.75, 3.05) is 6.54 Å². The smallest absolute Gasteiger partial charge is 0.433 e. The molecule has 0 aromatic carbocycles. The van der Waals surface area contributed by atoms with Crippen LogP contribution in [0.25, 0.3) is 11.0 Å². The number of likely N-dealkylation sites (tertiary alicyclic amines) is 1. The molecule has 3 heterocycles. The van der Waals surface area contributed by atoms with Crippen molar-refractivity contribution in [1.29, 1.82) is 0 Å². The lowest BCUT2D eigenvalue weighted by molar-refractivity contribution is -0.142. The molecule has 3 rings (SSSR count). The molecule has 0 aliphatic carbocycles. The summed E-state index contributed by atoms with van der Waals surface area (Å²) in [4.78, 5) is 32.7. The molecule has 1 saturated heterocycles. The average Bonchev–Trinajstić information content (AvgIpc) is 3.03. The van der Waals surface area contributed by atoms with Crippen molar-refractivity contribution in [3.05, 3.63) is 29.6 Å². The summed E-state index contributed by atoms with van der Waals surface area (Å²) < 4.78 is 50.9. The van der Waals surface area contributed by atoms with Crippen molar-refractivity contribution in [2.45, 2.75) is 58.0 Å². The van der Waals surface area contributed by atoms with E-state index in [-0.39, 0.29) is 29.7 Å². The Bertz CT molecular complexity index is 1020. The van der Waals surface area contributed by atoms with E-state index in [1.165, 1.54) is 6.07 Å². The number of nitrogens with zero attached hydrogens (tertiary/aromatic N) is 3. The normalized spacial score (nSPS) is 19.5. The van der Waals surface area contributed by atoms with Gasteiger partial charge in [-0.25, -0.2) is 19.6 Å². The molecule has 1 aliphatic heterocycles. The molecule has 0 spiro atoms. The van der Waals surface area contributed by atoms with Crippen LogP contribution in [0, 0.1) is 6.92 Å². The van der Waals surface area contributed by atoms with E-state index in [0.717, 1.165) is 11.0 Å². The van der Waals surface area contributed by atoms with Crippen molar-refractivity contribution in [1.82, 2.24) is 14.9 Å². The summed E-state index contributed by atoms with van der Waals surface area (Å²) >= 11 is 0. The summed E-state index contributed by atoms with van der Waals surface area (Å²) in [6, 6.07) is 2.67. The van der Waals surface area contributed by atoms with Crippen molar-refractivity contribution in [3.8, 4) is 5.75 Å². The van der Waals surface area contributed by atoms with Crippen molar-refractivity contribution in [2.24, 2.45) is 0 Å². The Morgan fingerprint density at radius 2 is 1.87 bits per heavy atom. The zero-order chi connectivity index (χ0) is 23.1. The van der Waals surface area contributed by atoms with Crippen molar-refractivity contribution < 1.29 is 37.3 Å². The Labute approximate surface area is 176 Å². The molecule has 2 atom stereocenters. The molecular weight excluding hydrogens is 419 g/mol. The number of carboxylic acids is 1. The molecule has 168 valence electrons. The summed E-state index contributed by atoms with van der Waals surface area (Å²) in [5.74, 6) is -1.39. The van der Waals surface area contributed by atoms with Gasteiger partial charge in [0.25, 0.3) is 0 Å². The fraction of sp³-hybridized carbons (Fsp3) is 0.500. The molecule has 0 bridgehead atoms. The van der Waals surface area contributed by atoms with Gasteiger partial charge in [-0.3, -0.25) is 4.90 Å². The highest BCUT2D eigenvalue weighted by molar-refractivity contribution is 5.83. The number of carbonyl (C=O) groups excluding carboxylic acids is 1. The Morgan fingerprint density at radius 1 is 1.19 bits per heavy atom. The lowest BCUT2D eigenvalue weighted by Gasteiger charge is -2.26. The first-order valence-corrected chi connectivity index (χ1v) is 9.49. The highest BCUT2D eigenvalue weighted by atomic mass is 19.4. The predicted molar refractivity (Wildman–Crippen MR) is 103 cm³/mol. The quantitative estimate of drug-likeness (QED) is 0.773. The van der Waals surface area contributed by atoms with E-state index in [9.17, 15) is 27.9 Å². The summed E-state index contributed by atoms with van der Waals surface area (Å²) in [5.41, 5.74) is -1.68. The standard InChI is InChI=1S/C20H22F3N3O5/c1-10-5-6-12-14(8-15(20(21,22)23)25-16(12)24-10)30-11-7-13(17(27)28)26(9-11)18(29)31-19(2,3)4/h5-6,8,11,13H,7,9H2,1-4H3,(H,27,28)/t11?,13-/m0/s1. The molecule has 0 radical (unpaired) electrons. The van der Waals surface area contributed by atoms with Crippen LogP contribution >= 0.6 is 0 Å². The van der Waals surface area contributed by atoms with Crippen LogP contribution in [0.3, 0.4) is 0 Å². The van der Waals surface area contributed by atoms with Gasteiger partial charge in [0.05, 0.1) is 11.9 Å². The minimum absolute atomic E-state index is 0.112. The highest BCUT2D eigenvalue weighted by Gasteiger charge is 2.43. The largest absolute Gasteiger partial charge is 0.488 e. The maximum Gasteiger partial charge on any atom is 0.433 e. The topological polar surface area (TPSA) is 102 Å². The molecule has 1 fully saturated rings. The average molecular weight is 441 g/mol. The first kappa shape index (κ1) is 22.6. The van der Waals surface area contributed by atoms with E-state index in [1.807, 2.05) is 0 Å². The monoisotopic (exact) mass is 441 g/mol. The van der Waals surface area contributed by atoms with Crippen molar-refractivity contribution in [3.63, 3.8) is 0 Å². The summed E-state index contributed by atoms with van der Waals surface area (Å²) in [6.45, 7) is 6.38. The number of aromatic nitrogens is 2. The van der Waals surface area contributed by atoms with Gasteiger partial charge < -0.3 is 14.6 Å². The molecule has 1 N–H and O–H groups in total. The molecule has 31 heavy (non-hydrogen) atoms. The molecule has 11 heteroatoms. The van der Waals surface area contributed by atoms with Gasteiger partial charge in [0.2, 0.25) is 0 Å². The van der Waals surface area contributed by atoms with E-state index < -0.39 is 41.7 Å². The number of hydrogen-bond donors (Lipinski definition) is 1. The van der Waals surface area contributed by atoms with Crippen LogP contribution in [0.4, 0.5) is 18.0 Å². The second-order valence-corrected chi connectivity index (χ2v) is 8.29. The van der Waals surface area contributed by atoms with E-state index in [2.05, 4.69) is 9.97 Å². The lowest BCUT2D eigenvalue weighted by atomic mass is 10.2. The van der Waals surface area contributed by atoms with Crippen LogP contribution in [-0.2, 0) is 15.7 Å². The lowest BCUT2D eigenvalue weighted by Crippen LogP contribution is -2.43. The van der Waals surface area contributed by atoms with E-state index in [4.69, 9.17) is 9.47 Å². The number of carboxylic acid groups (broad SMARTS) is 1. The third-order valence-corrected chi connectivity index (χ3v) is 4.53. The SMILES string of the molecule is Cc1ccc2c(OC3C[C@@H](C(=O)O)N(C(=O)OC(C)(C)C)C3)cc(C(F)(F)F)nc2n1. The van der Waals surface area contributed by atoms with E-state index in [0.29, 0.717) is 5.69 Å². The van der Waals surface area contributed by atoms with Gasteiger partial charge >= 0.3 is 18.2 Å². The number of halogens is 3. The van der Waals surface area contributed by atoms with Gasteiger partial charge in [0.1, 0.15) is 23.5 Å². The maximum atomic E-state index is 13.3. The zero-order valence-electron chi connectivity index (χ0n) is 17.4. The molecule has 1 aliphatic rings. The first-order chi connectivity index (χ1) is 14.2. The third-order valence-electron chi connectivity index (χ3n) is 4.53. The summed E-state index contributed by atoms with van der Waals surface area (Å²) in [5, 5.41) is 9.75. The number of amides is 1. The first-order valence-electron chi connectivity index (χ1n) is 9.49. The molecule has 1 unspecified atom stereocenters. The second-order valence-electron chi connectivity index (χ2n) is 8.29. The van der Waals surface area contributed by atoms with Gasteiger partial charge in [0.15, 0.2) is 11.3 Å². The van der Waals surface area contributed by atoms with Crippen LogP contribution < -0.4 is 4.74 Å². The molecule has 8 nitrogen and oxygen atoms in total. The highest BCUT2D eigenvalue weighted by Crippen LogP contribution is 2.35.